The highest BCUT2D eigenvalue weighted by Crippen LogP contribution is 2.17. The van der Waals surface area contributed by atoms with Gasteiger partial charge in [0, 0.05) is 24.8 Å². The van der Waals surface area contributed by atoms with Crippen LogP contribution in [0.1, 0.15) is 47.5 Å². The molecule has 23 heavy (non-hydrogen) atoms. The van der Waals surface area contributed by atoms with Crippen molar-refractivity contribution in [3.63, 3.8) is 0 Å². The number of nitrogens with one attached hydrogen (secondary N) is 1. The Bertz CT molecular complexity index is 336. The zero-order valence-electron chi connectivity index (χ0n) is 15.3. The molecule has 0 bridgehead atoms. The second-order valence-corrected chi connectivity index (χ2v) is 6.67. The molecule has 0 aromatic rings. The molecular formula is C17H33NO5. The van der Waals surface area contributed by atoms with Crippen LogP contribution >= 0.6 is 0 Å². The second kappa shape index (κ2) is 12.4. The fourth-order valence-corrected chi connectivity index (χ4v) is 1.62. The van der Waals surface area contributed by atoms with Crippen molar-refractivity contribution in [1.82, 2.24) is 5.32 Å². The third-order valence-electron chi connectivity index (χ3n) is 3.04. The summed E-state index contributed by atoms with van der Waals surface area (Å²) in [6, 6.07) is 0. The first-order valence-electron chi connectivity index (χ1n) is 8.30. The van der Waals surface area contributed by atoms with Crippen LogP contribution in [-0.4, -0.2) is 57.4 Å². The lowest BCUT2D eigenvalue weighted by Crippen LogP contribution is -2.29. The Morgan fingerprint density at radius 1 is 0.913 bits per heavy atom. The average molecular weight is 331 g/mol. The molecule has 1 N–H and O–H groups in total. The summed E-state index contributed by atoms with van der Waals surface area (Å²) >= 11 is 0. The SMILES string of the molecule is CC(C)OCCOCCOCCNC(=O)CCC(=O)C(C)(C)C. The Hall–Kier alpha value is -0.980. The number of hydrogen-bond acceptors (Lipinski definition) is 5. The van der Waals surface area contributed by atoms with Gasteiger partial charge in [-0.1, -0.05) is 20.8 Å². The zero-order valence-corrected chi connectivity index (χ0v) is 15.3. The summed E-state index contributed by atoms with van der Waals surface area (Å²) in [5, 5.41) is 2.74. The summed E-state index contributed by atoms with van der Waals surface area (Å²) in [5.41, 5.74) is -0.385. The van der Waals surface area contributed by atoms with Crippen LogP contribution in [-0.2, 0) is 23.8 Å². The summed E-state index contributed by atoms with van der Waals surface area (Å²) < 4.78 is 16.0. The van der Waals surface area contributed by atoms with E-state index in [0.717, 1.165) is 0 Å². The van der Waals surface area contributed by atoms with Crippen LogP contribution in [0.25, 0.3) is 0 Å². The van der Waals surface area contributed by atoms with Crippen molar-refractivity contribution in [3.8, 4) is 0 Å². The first kappa shape index (κ1) is 22.0. The third-order valence-corrected chi connectivity index (χ3v) is 3.04. The van der Waals surface area contributed by atoms with Crippen molar-refractivity contribution in [2.75, 3.05) is 39.6 Å². The van der Waals surface area contributed by atoms with Gasteiger partial charge in [-0.15, -0.1) is 0 Å². The van der Waals surface area contributed by atoms with Gasteiger partial charge in [-0.05, 0) is 13.8 Å². The standard InChI is InChI=1S/C17H33NO5/c1-14(2)23-13-12-22-11-10-21-9-8-18-16(20)7-6-15(19)17(3,4)5/h14H,6-13H2,1-5H3,(H,18,20). The number of carbonyl (C=O) groups is 2. The molecule has 0 aromatic carbocycles. The molecule has 0 rings (SSSR count). The van der Waals surface area contributed by atoms with E-state index in [1.165, 1.54) is 0 Å². The number of hydrogen-bond donors (Lipinski definition) is 1. The molecular weight excluding hydrogens is 298 g/mol. The van der Waals surface area contributed by atoms with E-state index < -0.39 is 0 Å². The summed E-state index contributed by atoms with van der Waals surface area (Å²) in [5.74, 6) is -0.0178. The first-order valence-corrected chi connectivity index (χ1v) is 8.30. The molecule has 0 aliphatic rings. The predicted molar refractivity (Wildman–Crippen MR) is 89.4 cm³/mol. The minimum Gasteiger partial charge on any atom is -0.377 e. The van der Waals surface area contributed by atoms with Crippen molar-refractivity contribution in [2.24, 2.45) is 5.41 Å². The summed E-state index contributed by atoms with van der Waals surface area (Å²) in [6.45, 7) is 12.6. The second-order valence-electron chi connectivity index (χ2n) is 6.67. The molecule has 6 heteroatoms. The third kappa shape index (κ3) is 14.3. The molecule has 0 atom stereocenters. The molecule has 0 heterocycles. The van der Waals surface area contributed by atoms with Gasteiger partial charge >= 0.3 is 0 Å². The molecule has 0 saturated carbocycles. The molecule has 0 aliphatic carbocycles. The molecule has 0 fully saturated rings. The van der Waals surface area contributed by atoms with Crippen LogP contribution in [0.15, 0.2) is 0 Å². The Balaban J connectivity index is 3.38. The molecule has 6 nitrogen and oxygen atoms in total. The molecule has 0 aromatic heterocycles. The summed E-state index contributed by atoms with van der Waals surface area (Å²) in [6.07, 6.45) is 0.731. The van der Waals surface area contributed by atoms with Gasteiger partial charge in [0.2, 0.25) is 5.91 Å². The van der Waals surface area contributed by atoms with Gasteiger partial charge < -0.3 is 19.5 Å². The van der Waals surface area contributed by atoms with E-state index in [4.69, 9.17) is 14.2 Å². The topological polar surface area (TPSA) is 73.9 Å². The lowest BCUT2D eigenvalue weighted by molar-refractivity contribution is -0.129. The van der Waals surface area contributed by atoms with E-state index in [1.54, 1.807) is 0 Å². The van der Waals surface area contributed by atoms with Gasteiger partial charge in [0.1, 0.15) is 5.78 Å². The minimum atomic E-state index is -0.385. The Morgan fingerprint density at radius 3 is 2.04 bits per heavy atom. The van der Waals surface area contributed by atoms with Crippen molar-refractivity contribution in [3.05, 3.63) is 0 Å². The summed E-state index contributed by atoms with van der Waals surface area (Å²) in [4.78, 5) is 23.3. The maximum Gasteiger partial charge on any atom is 0.220 e. The fourth-order valence-electron chi connectivity index (χ4n) is 1.62. The maximum absolute atomic E-state index is 11.7. The van der Waals surface area contributed by atoms with E-state index in [-0.39, 0.29) is 36.1 Å². The van der Waals surface area contributed by atoms with Crippen LogP contribution < -0.4 is 5.32 Å². The van der Waals surface area contributed by atoms with Crippen molar-refractivity contribution < 1.29 is 23.8 Å². The van der Waals surface area contributed by atoms with Gasteiger partial charge in [-0.25, -0.2) is 0 Å². The van der Waals surface area contributed by atoms with Gasteiger partial charge in [-0.3, -0.25) is 9.59 Å². The van der Waals surface area contributed by atoms with Crippen molar-refractivity contribution >= 4 is 11.7 Å². The van der Waals surface area contributed by atoms with Gasteiger partial charge in [0.15, 0.2) is 0 Å². The number of carbonyl (C=O) groups excluding carboxylic acids is 2. The number of Topliss-reactive ketones (excluding diaryl/α,β-unsaturated/α-hetero) is 1. The van der Waals surface area contributed by atoms with E-state index in [0.29, 0.717) is 39.6 Å². The Morgan fingerprint density at radius 2 is 1.48 bits per heavy atom. The molecule has 136 valence electrons. The molecule has 0 unspecified atom stereocenters. The number of amides is 1. The van der Waals surface area contributed by atoms with Gasteiger partial charge in [0.25, 0.3) is 0 Å². The van der Waals surface area contributed by atoms with Crippen molar-refractivity contribution in [2.45, 2.75) is 53.6 Å². The van der Waals surface area contributed by atoms with Crippen molar-refractivity contribution in [1.29, 1.82) is 0 Å². The number of ether oxygens (including phenoxy) is 3. The summed E-state index contributed by atoms with van der Waals surface area (Å²) in [7, 11) is 0. The maximum atomic E-state index is 11.7. The lowest BCUT2D eigenvalue weighted by Gasteiger charge is -2.16. The van der Waals surface area contributed by atoms with Gasteiger partial charge in [-0.2, -0.15) is 0 Å². The van der Waals surface area contributed by atoms with E-state index in [1.807, 2.05) is 34.6 Å². The quantitative estimate of drug-likeness (QED) is 0.522. The monoisotopic (exact) mass is 331 g/mol. The normalized spacial score (nSPS) is 11.7. The van der Waals surface area contributed by atoms with Crippen LogP contribution in [0, 0.1) is 5.41 Å². The zero-order chi connectivity index (χ0) is 17.7. The predicted octanol–water partition coefficient (Wildman–Crippen LogP) is 1.96. The highest BCUT2D eigenvalue weighted by Gasteiger charge is 2.21. The molecule has 1 amide bonds. The fraction of sp³-hybridized carbons (Fsp3) is 0.882. The van der Waals surface area contributed by atoms with E-state index >= 15 is 0 Å². The molecule has 0 saturated heterocycles. The smallest absolute Gasteiger partial charge is 0.220 e. The Labute approximate surface area is 140 Å². The average Bonchev–Trinajstić information content (AvgIpc) is 2.45. The molecule has 0 radical (unpaired) electrons. The lowest BCUT2D eigenvalue weighted by atomic mass is 9.88. The van der Waals surface area contributed by atoms with Crippen LogP contribution in [0.4, 0.5) is 0 Å². The van der Waals surface area contributed by atoms with E-state index in [9.17, 15) is 9.59 Å². The molecule has 0 aliphatic heterocycles. The largest absolute Gasteiger partial charge is 0.377 e. The van der Waals surface area contributed by atoms with Gasteiger partial charge in [0.05, 0.1) is 39.1 Å². The highest BCUT2D eigenvalue weighted by atomic mass is 16.5. The van der Waals surface area contributed by atoms with Crippen LogP contribution in [0.2, 0.25) is 0 Å². The van der Waals surface area contributed by atoms with Crippen LogP contribution in [0.3, 0.4) is 0 Å². The first-order chi connectivity index (χ1) is 10.7. The number of rotatable bonds is 13. The van der Waals surface area contributed by atoms with E-state index in [2.05, 4.69) is 5.32 Å². The Kier molecular flexibility index (Phi) is 11.9. The highest BCUT2D eigenvalue weighted by molar-refractivity contribution is 5.88. The molecule has 0 spiro atoms. The number of ketones is 1. The van der Waals surface area contributed by atoms with Crippen LogP contribution in [0.5, 0.6) is 0 Å². The minimum absolute atomic E-state index is 0.0995.